The zero-order valence-electron chi connectivity index (χ0n) is 11.8. The summed E-state index contributed by atoms with van der Waals surface area (Å²) < 4.78 is 13.3. The zero-order valence-corrected chi connectivity index (χ0v) is 11.8. The molecule has 4 heteroatoms. The van der Waals surface area contributed by atoms with Gasteiger partial charge in [-0.2, -0.15) is 0 Å². The molecule has 0 saturated carbocycles. The van der Waals surface area contributed by atoms with E-state index in [0.717, 1.165) is 5.69 Å². The van der Waals surface area contributed by atoms with Crippen molar-refractivity contribution in [3.05, 3.63) is 85.1 Å². The van der Waals surface area contributed by atoms with Crippen LogP contribution in [0.2, 0.25) is 0 Å². The lowest BCUT2D eigenvalue weighted by Gasteiger charge is -2.10. The molecule has 0 bridgehead atoms. The van der Waals surface area contributed by atoms with Crippen molar-refractivity contribution < 1.29 is 4.39 Å². The highest BCUT2D eigenvalue weighted by Crippen LogP contribution is 2.20. The summed E-state index contributed by atoms with van der Waals surface area (Å²) in [4.78, 5) is 8.66. The minimum absolute atomic E-state index is 0.300. The van der Waals surface area contributed by atoms with Crippen LogP contribution >= 0.6 is 0 Å². The smallest absolute Gasteiger partial charge is 0.123 e. The zero-order chi connectivity index (χ0) is 15.4. The molecule has 3 aromatic rings. The maximum atomic E-state index is 13.3. The van der Waals surface area contributed by atoms with Gasteiger partial charge in [-0.05, 0) is 24.3 Å². The number of aromatic nitrogens is 2. The maximum absolute atomic E-state index is 13.3. The molecule has 0 amide bonds. The van der Waals surface area contributed by atoms with E-state index in [1.165, 1.54) is 12.1 Å². The predicted octanol–water partition coefficient (Wildman–Crippen LogP) is 4.37. The standard InChI is InChI=1S/C18H14FN3/c1-13(21-16-8-3-2-4-9-16)17-11-20-12-18(22-17)14-6-5-7-15(19)10-14/h2-12,21H,1H2. The van der Waals surface area contributed by atoms with Crippen LogP contribution in [0, 0.1) is 5.82 Å². The van der Waals surface area contributed by atoms with Crippen LogP contribution in [0.25, 0.3) is 17.0 Å². The van der Waals surface area contributed by atoms with Gasteiger partial charge in [-0.1, -0.05) is 36.9 Å². The molecule has 0 aliphatic carbocycles. The normalized spacial score (nSPS) is 10.2. The van der Waals surface area contributed by atoms with E-state index in [-0.39, 0.29) is 5.82 Å². The van der Waals surface area contributed by atoms with Gasteiger partial charge in [0.15, 0.2) is 0 Å². The van der Waals surface area contributed by atoms with Gasteiger partial charge in [0.1, 0.15) is 11.5 Å². The van der Waals surface area contributed by atoms with Crippen molar-refractivity contribution in [3.8, 4) is 11.3 Å². The molecular formula is C18H14FN3. The molecule has 0 fully saturated rings. The van der Waals surface area contributed by atoms with Gasteiger partial charge in [0.05, 0.1) is 23.8 Å². The van der Waals surface area contributed by atoms with Crippen LogP contribution in [0.4, 0.5) is 10.1 Å². The largest absolute Gasteiger partial charge is 0.354 e. The second-order valence-electron chi connectivity index (χ2n) is 4.77. The van der Waals surface area contributed by atoms with Crippen molar-refractivity contribution in [3.63, 3.8) is 0 Å². The van der Waals surface area contributed by atoms with Gasteiger partial charge in [-0.25, -0.2) is 9.37 Å². The van der Waals surface area contributed by atoms with Crippen molar-refractivity contribution in [1.29, 1.82) is 0 Å². The average Bonchev–Trinajstić information content (AvgIpc) is 2.56. The van der Waals surface area contributed by atoms with Gasteiger partial charge >= 0.3 is 0 Å². The molecular weight excluding hydrogens is 277 g/mol. The van der Waals surface area contributed by atoms with Crippen LogP contribution in [0.3, 0.4) is 0 Å². The highest BCUT2D eigenvalue weighted by atomic mass is 19.1. The molecule has 1 N–H and O–H groups in total. The molecule has 3 nitrogen and oxygen atoms in total. The number of para-hydroxylation sites is 1. The summed E-state index contributed by atoms with van der Waals surface area (Å²) in [5.74, 6) is -0.300. The number of nitrogens with one attached hydrogen (secondary N) is 1. The predicted molar refractivity (Wildman–Crippen MR) is 86.5 cm³/mol. The van der Waals surface area contributed by atoms with Gasteiger partial charge in [0.2, 0.25) is 0 Å². The molecule has 2 aromatic carbocycles. The summed E-state index contributed by atoms with van der Waals surface area (Å²) in [6, 6.07) is 16.0. The van der Waals surface area contributed by atoms with Gasteiger partial charge < -0.3 is 5.32 Å². The van der Waals surface area contributed by atoms with Gasteiger partial charge in [0, 0.05) is 11.3 Å². The number of benzene rings is 2. The van der Waals surface area contributed by atoms with Crippen LogP contribution in [0.1, 0.15) is 5.69 Å². The molecule has 1 heterocycles. The summed E-state index contributed by atoms with van der Waals surface area (Å²) in [6.45, 7) is 3.98. The number of rotatable bonds is 4. The molecule has 22 heavy (non-hydrogen) atoms. The Morgan fingerprint density at radius 2 is 1.82 bits per heavy atom. The lowest BCUT2D eigenvalue weighted by atomic mass is 10.1. The second kappa shape index (κ2) is 6.18. The molecule has 3 rings (SSSR count). The van der Waals surface area contributed by atoms with Gasteiger partial charge in [-0.15, -0.1) is 0 Å². The monoisotopic (exact) mass is 291 g/mol. The fourth-order valence-corrected chi connectivity index (χ4v) is 2.06. The Morgan fingerprint density at radius 1 is 1.00 bits per heavy atom. The number of hydrogen-bond donors (Lipinski definition) is 1. The van der Waals surface area contributed by atoms with E-state index in [0.29, 0.717) is 22.6 Å². The third kappa shape index (κ3) is 3.17. The lowest BCUT2D eigenvalue weighted by molar-refractivity contribution is 0.628. The summed E-state index contributed by atoms with van der Waals surface area (Å²) in [5, 5.41) is 3.18. The van der Waals surface area contributed by atoms with Crippen LogP contribution in [-0.2, 0) is 0 Å². The third-order valence-electron chi connectivity index (χ3n) is 3.13. The van der Waals surface area contributed by atoms with Crippen LogP contribution in [-0.4, -0.2) is 9.97 Å². The first-order chi connectivity index (χ1) is 10.7. The van der Waals surface area contributed by atoms with E-state index in [9.17, 15) is 4.39 Å². The van der Waals surface area contributed by atoms with Gasteiger partial charge in [0.25, 0.3) is 0 Å². The van der Waals surface area contributed by atoms with E-state index >= 15 is 0 Å². The average molecular weight is 291 g/mol. The van der Waals surface area contributed by atoms with Crippen LogP contribution in [0.15, 0.2) is 73.6 Å². The molecule has 0 aliphatic heterocycles. The van der Waals surface area contributed by atoms with E-state index in [4.69, 9.17) is 0 Å². The summed E-state index contributed by atoms with van der Waals surface area (Å²) in [6.07, 6.45) is 3.23. The molecule has 0 saturated heterocycles. The summed E-state index contributed by atoms with van der Waals surface area (Å²) in [7, 11) is 0. The number of anilines is 1. The van der Waals surface area contributed by atoms with Gasteiger partial charge in [-0.3, -0.25) is 4.98 Å². The van der Waals surface area contributed by atoms with E-state index in [1.54, 1.807) is 24.5 Å². The third-order valence-corrected chi connectivity index (χ3v) is 3.13. The molecule has 0 spiro atoms. The van der Waals surface area contributed by atoms with Crippen molar-refractivity contribution in [2.45, 2.75) is 0 Å². The Bertz CT molecular complexity index is 800. The van der Waals surface area contributed by atoms with Crippen LogP contribution in [0.5, 0.6) is 0 Å². The Hall–Kier alpha value is -3.01. The minimum atomic E-state index is -0.300. The van der Waals surface area contributed by atoms with Crippen molar-refractivity contribution in [1.82, 2.24) is 9.97 Å². The van der Waals surface area contributed by atoms with E-state index < -0.39 is 0 Å². The fraction of sp³-hybridized carbons (Fsp3) is 0. The molecule has 0 atom stereocenters. The first-order valence-electron chi connectivity index (χ1n) is 6.82. The SMILES string of the molecule is C=C(Nc1ccccc1)c1cncc(-c2cccc(F)c2)n1. The molecule has 1 aromatic heterocycles. The van der Waals surface area contributed by atoms with Crippen LogP contribution < -0.4 is 5.32 Å². The molecule has 0 aliphatic rings. The molecule has 0 unspecified atom stereocenters. The van der Waals surface area contributed by atoms with E-state index in [2.05, 4.69) is 21.9 Å². The second-order valence-corrected chi connectivity index (χ2v) is 4.77. The molecule has 0 radical (unpaired) electrons. The highest BCUT2D eigenvalue weighted by molar-refractivity contribution is 5.74. The Morgan fingerprint density at radius 3 is 2.59 bits per heavy atom. The summed E-state index contributed by atoms with van der Waals surface area (Å²) in [5.41, 5.74) is 3.46. The quantitative estimate of drug-likeness (QED) is 0.776. The first-order valence-corrected chi connectivity index (χ1v) is 6.82. The maximum Gasteiger partial charge on any atom is 0.123 e. The van der Waals surface area contributed by atoms with Crippen molar-refractivity contribution in [2.24, 2.45) is 0 Å². The fourth-order valence-electron chi connectivity index (χ4n) is 2.06. The van der Waals surface area contributed by atoms with E-state index in [1.807, 2.05) is 30.3 Å². The lowest BCUT2D eigenvalue weighted by Crippen LogP contribution is -2.01. The minimum Gasteiger partial charge on any atom is -0.354 e. The topological polar surface area (TPSA) is 37.8 Å². The number of hydrogen-bond acceptors (Lipinski definition) is 3. The Labute approximate surface area is 128 Å². The van der Waals surface area contributed by atoms with Crippen molar-refractivity contribution >= 4 is 11.4 Å². The Kier molecular flexibility index (Phi) is 3.92. The highest BCUT2D eigenvalue weighted by Gasteiger charge is 2.06. The molecule has 108 valence electrons. The number of nitrogens with zero attached hydrogens (tertiary/aromatic N) is 2. The number of halogens is 1. The summed E-state index contributed by atoms with van der Waals surface area (Å²) >= 11 is 0. The first kappa shape index (κ1) is 13.9. The Balaban J connectivity index is 1.86. The van der Waals surface area contributed by atoms with Crippen molar-refractivity contribution in [2.75, 3.05) is 5.32 Å².